The third kappa shape index (κ3) is 5.06. The summed E-state index contributed by atoms with van der Waals surface area (Å²) in [5.74, 6) is -0.966. The van der Waals surface area contributed by atoms with E-state index in [0.29, 0.717) is 24.9 Å². The molecule has 198 valence electrons. The average Bonchev–Trinajstić information content (AvgIpc) is 3.31. The fourth-order valence-electron chi connectivity index (χ4n) is 4.95. The third-order valence-corrected chi connectivity index (χ3v) is 8.80. The summed E-state index contributed by atoms with van der Waals surface area (Å²) in [7, 11) is 1.63. The number of nitrogens with one attached hydrogen (secondary N) is 1. The first-order valence-corrected chi connectivity index (χ1v) is 12.5. The number of aliphatic carboxylic acids is 1. The number of nitrogens with zero attached hydrogens (tertiary/aromatic N) is 3. The van der Waals surface area contributed by atoms with Gasteiger partial charge in [-0.15, -0.1) is 11.3 Å². The Bertz CT molecular complexity index is 1330. The highest BCUT2D eigenvalue weighted by atomic mass is 32.1. The van der Waals surface area contributed by atoms with Gasteiger partial charge in [0, 0.05) is 25.2 Å². The van der Waals surface area contributed by atoms with E-state index in [-0.39, 0.29) is 5.95 Å². The molecule has 0 bridgehead atoms. The summed E-state index contributed by atoms with van der Waals surface area (Å²) in [6.07, 6.45) is -0.278. The number of aryl methyl sites for hydroxylation is 1. The lowest BCUT2D eigenvalue weighted by Gasteiger charge is -2.51. The second kappa shape index (κ2) is 9.36. The van der Waals surface area contributed by atoms with Gasteiger partial charge in [-0.25, -0.2) is 15.0 Å². The van der Waals surface area contributed by atoms with Crippen LogP contribution in [0.15, 0.2) is 36.7 Å². The van der Waals surface area contributed by atoms with E-state index >= 15 is 0 Å². The maximum atomic E-state index is 13.0. The van der Waals surface area contributed by atoms with Crippen LogP contribution in [0.4, 0.5) is 24.8 Å². The Hall–Kier alpha value is -3.05. The SMILES string of the molecule is CO[C@]1(c2ncc(-c3cc(C)cc(Nc4nccc(C(F)(F)F)n4)c3)s2)CC[C@](C)(C(=O)O)C(C)(C)C1. The van der Waals surface area contributed by atoms with Gasteiger partial charge >= 0.3 is 12.1 Å². The molecule has 11 heteroatoms. The molecule has 7 nitrogen and oxygen atoms in total. The monoisotopic (exact) mass is 534 g/mol. The topological polar surface area (TPSA) is 97.2 Å². The summed E-state index contributed by atoms with van der Waals surface area (Å²) in [6.45, 7) is 7.59. The summed E-state index contributed by atoms with van der Waals surface area (Å²) in [5.41, 5.74) is -0.888. The van der Waals surface area contributed by atoms with Gasteiger partial charge in [-0.05, 0) is 67.9 Å². The number of anilines is 2. The van der Waals surface area contributed by atoms with Gasteiger partial charge in [-0.1, -0.05) is 19.9 Å². The number of carbonyl (C=O) groups is 1. The summed E-state index contributed by atoms with van der Waals surface area (Å²) >= 11 is 1.46. The highest BCUT2D eigenvalue weighted by Gasteiger charge is 2.57. The van der Waals surface area contributed by atoms with E-state index in [1.165, 1.54) is 11.3 Å². The maximum Gasteiger partial charge on any atom is 0.433 e. The number of hydrogen-bond acceptors (Lipinski definition) is 7. The van der Waals surface area contributed by atoms with Crippen LogP contribution in [0.5, 0.6) is 0 Å². The molecule has 3 aromatic rings. The van der Waals surface area contributed by atoms with Crippen molar-refractivity contribution < 1.29 is 27.8 Å². The number of halogens is 3. The highest BCUT2D eigenvalue weighted by Crippen LogP contribution is 2.58. The van der Waals surface area contributed by atoms with Gasteiger partial charge < -0.3 is 15.2 Å². The predicted octanol–water partition coefficient (Wildman–Crippen LogP) is 6.81. The molecule has 1 aliphatic carbocycles. The van der Waals surface area contributed by atoms with Crippen LogP contribution in [-0.2, 0) is 21.3 Å². The first-order chi connectivity index (χ1) is 17.2. The van der Waals surface area contributed by atoms with Crippen LogP contribution in [0.2, 0.25) is 0 Å². The van der Waals surface area contributed by atoms with Crippen LogP contribution in [0.25, 0.3) is 10.4 Å². The summed E-state index contributed by atoms with van der Waals surface area (Å²) in [5, 5.41) is 13.5. The Kier molecular flexibility index (Phi) is 6.83. The first-order valence-electron chi connectivity index (χ1n) is 11.7. The van der Waals surface area contributed by atoms with Crippen LogP contribution in [0.3, 0.4) is 0 Å². The molecule has 37 heavy (non-hydrogen) atoms. The number of carboxylic acids is 1. The zero-order chi connectivity index (χ0) is 27.2. The number of aromatic nitrogens is 3. The van der Waals surface area contributed by atoms with Gasteiger partial charge in [0.1, 0.15) is 16.3 Å². The van der Waals surface area contributed by atoms with Crippen molar-refractivity contribution in [3.05, 3.63) is 52.9 Å². The van der Waals surface area contributed by atoms with Crippen molar-refractivity contribution in [3.8, 4) is 10.4 Å². The standard InChI is InChI=1S/C26H29F3N4O3S/c1-15-10-16(12-17(11-15)32-22-30-9-6-19(33-22)26(27,28)29)18-13-31-20(37-18)25(36-5)8-7-24(4,21(34)35)23(2,3)14-25/h6,9-13H,7-8,14H2,1-5H3,(H,34,35)(H,30,32,33)/t24-,25-/m1/s1. The predicted molar refractivity (Wildman–Crippen MR) is 135 cm³/mol. The minimum absolute atomic E-state index is 0.152. The Balaban J connectivity index is 1.63. The number of hydrogen-bond donors (Lipinski definition) is 2. The fraction of sp³-hybridized carbons (Fsp3) is 0.462. The molecule has 0 radical (unpaired) electrons. The minimum atomic E-state index is -4.57. The van der Waals surface area contributed by atoms with Gasteiger partial charge in [0.15, 0.2) is 0 Å². The molecule has 0 amide bonds. The Morgan fingerprint density at radius 3 is 2.51 bits per heavy atom. The number of methoxy groups -OCH3 is 1. The van der Waals surface area contributed by atoms with E-state index in [1.54, 1.807) is 32.4 Å². The molecule has 2 atom stereocenters. The molecular formula is C26H29F3N4O3S. The molecule has 2 N–H and O–H groups in total. The van der Waals surface area contributed by atoms with Crippen LogP contribution in [0, 0.1) is 17.8 Å². The lowest BCUT2D eigenvalue weighted by Crippen LogP contribution is -2.52. The van der Waals surface area contributed by atoms with Crippen molar-refractivity contribution in [1.82, 2.24) is 15.0 Å². The molecule has 1 aromatic carbocycles. The van der Waals surface area contributed by atoms with E-state index < -0.39 is 34.3 Å². The lowest BCUT2D eigenvalue weighted by atomic mass is 9.55. The highest BCUT2D eigenvalue weighted by molar-refractivity contribution is 7.15. The number of thiazole rings is 1. The summed E-state index contributed by atoms with van der Waals surface area (Å²) < 4.78 is 45.1. The van der Waals surface area contributed by atoms with Crippen molar-refractivity contribution in [2.45, 2.75) is 58.7 Å². The van der Waals surface area contributed by atoms with E-state index in [0.717, 1.165) is 33.3 Å². The quantitative estimate of drug-likeness (QED) is 0.358. The Labute approximate surface area is 217 Å². The molecule has 4 rings (SSSR count). The molecule has 0 saturated heterocycles. The Morgan fingerprint density at radius 2 is 1.89 bits per heavy atom. The second-order valence-electron chi connectivity index (χ2n) is 10.4. The zero-order valence-electron chi connectivity index (χ0n) is 21.2. The number of alkyl halides is 3. The zero-order valence-corrected chi connectivity index (χ0v) is 22.0. The molecule has 0 unspecified atom stereocenters. The fourth-order valence-corrected chi connectivity index (χ4v) is 6.05. The molecule has 2 heterocycles. The second-order valence-corrected chi connectivity index (χ2v) is 11.4. The number of benzene rings is 1. The van der Waals surface area contributed by atoms with Crippen molar-refractivity contribution in [3.63, 3.8) is 0 Å². The average molecular weight is 535 g/mol. The van der Waals surface area contributed by atoms with Crippen LogP contribution >= 0.6 is 11.3 Å². The van der Waals surface area contributed by atoms with Crippen molar-refractivity contribution in [1.29, 1.82) is 0 Å². The number of ether oxygens (including phenoxy) is 1. The minimum Gasteiger partial charge on any atom is -0.481 e. The first kappa shape index (κ1) is 27.0. The molecule has 1 aliphatic rings. The van der Waals surface area contributed by atoms with Gasteiger partial charge in [-0.3, -0.25) is 4.79 Å². The van der Waals surface area contributed by atoms with Crippen LogP contribution < -0.4 is 5.32 Å². The van der Waals surface area contributed by atoms with Crippen LogP contribution in [-0.4, -0.2) is 33.1 Å². The van der Waals surface area contributed by atoms with E-state index in [1.807, 2.05) is 26.8 Å². The van der Waals surface area contributed by atoms with Crippen molar-refractivity contribution in [2.75, 3.05) is 12.4 Å². The molecular weight excluding hydrogens is 505 g/mol. The van der Waals surface area contributed by atoms with E-state index in [4.69, 9.17) is 4.74 Å². The molecule has 0 spiro atoms. The van der Waals surface area contributed by atoms with Crippen molar-refractivity contribution in [2.24, 2.45) is 10.8 Å². The van der Waals surface area contributed by atoms with Crippen LogP contribution in [0.1, 0.15) is 56.3 Å². The summed E-state index contributed by atoms with van der Waals surface area (Å²) in [4.78, 5) is 25.1. The van der Waals surface area contributed by atoms with Gasteiger partial charge in [0.05, 0.1) is 10.3 Å². The van der Waals surface area contributed by atoms with Crippen molar-refractivity contribution >= 4 is 28.9 Å². The van der Waals surface area contributed by atoms with E-state index in [9.17, 15) is 23.1 Å². The molecule has 0 aliphatic heterocycles. The largest absolute Gasteiger partial charge is 0.481 e. The number of rotatable bonds is 6. The lowest BCUT2D eigenvalue weighted by molar-refractivity contribution is -0.174. The maximum absolute atomic E-state index is 13.0. The van der Waals surface area contributed by atoms with Gasteiger partial charge in [0.25, 0.3) is 0 Å². The smallest absolute Gasteiger partial charge is 0.433 e. The third-order valence-electron chi connectivity index (χ3n) is 7.57. The molecule has 1 fully saturated rings. The Morgan fingerprint density at radius 1 is 1.16 bits per heavy atom. The number of carboxylic acid groups (broad SMARTS) is 1. The molecule has 2 aromatic heterocycles. The normalized spacial score (nSPS) is 23.6. The molecule has 1 saturated carbocycles. The van der Waals surface area contributed by atoms with Gasteiger partial charge in [-0.2, -0.15) is 13.2 Å². The summed E-state index contributed by atoms with van der Waals surface area (Å²) in [6, 6.07) is 6.38. The van der Waals surface area contributed by atoms with Gasteiger partial charge in [0.2, 0.25) is 5.95 Å². The van der Waals surface area contributed by atoms with E-state index in [2.05, 4.69) is 20.3 Å².